The molecule has 146 valence electrons. The summed E-state index contributed by atoms with van der Waals surface area (Å²) in [6, 6.07) is 9.95. The van der Waals surface area contributed by atoms with E-state index >= 15 is 0 Å². The summed E-state index contributed by atoms with van der Waals surface area (Å²) in [5, 5.41) is 11.5. The summed E-state index contributed by atoms with van der Waals surface area (Å²) in [5.74, 6) is 0.00293. The molecule has 2 heterocycles. The average Bonchev–Trinajstić information content (AvgIpc) is 2.74. The highest BCUT2D eigenvalue weighted by molar-refractivity contribution is 7.89. The Bertz CT molecular complexity index is 966. The van der Waals surface area contributed by atoms with Crippen molar-refractivity contribution in [1.82, 2.24) is 19.6 Å². The monoisotopic (exact) mass is 400 g/mol. The van der Waals surface area contributed by atoms with Gasteiger partial charge in [-0.25, -0.2) is 18.4 Å². The first-order valence-corrected chi connectivity index (χ1v) is 10.4. The Balaban J connectivity index is 1.49. The standard InChI is InChI=1S/C18H20N6O3S/c19-14-15-3-1-4-16(13-15)17(25)20-7-12-28(26,27)24-10-8-23(9-11-24)18-21-5-2-6-22-18/h1-6,13H,7-12H2,(H,20,25). The molecule has 1 fully saturated rings. The number of amides is 1. The van der Waals surface area contributed by atoms with E-state index in [1.807, 2.05) is 11.0 Å². The van der Waals surface area contributed by atoms with Crippen LogP contribution in [0.15, 0.2) is 42.7 Å². The lowest BCUT2D eigenvalue weighted by atomic mass is 10.1. The number of hydrogen-bond donors (Lipinski definition) is 1. The van der Waals surface area contributed by atoms with E-state index in [-0.39, 0.29) is 12.3 Å². The van der Waals surface area contributed by atoms with Crippen molar-refractivity contribution in [2.75, 3.05) is 43.4 Å². The Morgan fingerprint density at radius 2 is 1.86 bits per heavy atom. The van der Waals surface area contributed by atoms with Crippen molar-refractivity contribution >= 4 is 21.9 Å². The number of benzene rings is 1. The molecule has 0 radical (unpaired) electrons. The van der Waals surface area contributed by atoms with Crippen molar-refractivity contribution in [3.8, 4) is 6.07 Å². The van der Waals surface area contributed by atoms with Crippen LogP contribution in [0.5, 0.6) is 0 Å². The zero-order valence-corrected chi connectivity index (χ0v) is 16.0. The zero-order valence-electron chi connectivity index (χ0n) is 15.2. The van der Waals surface area contributed by atoms with Crippen LogP contribution in [-0.2, 0) is 10.0 Å². The number of nitriles is 1. The second kappa shape index (κ2) is 8.77. The van der Waals surface area contributed by atoms with Gasteiger partial charge in [0.05, 0.1) is 17.4 Å². The van der Waals surface area contributed by atoms with Crippen LogP contribution in [0.3, 0.4) is 0 Å². The first-order valence-electron chi connectivity index (χ1n) is 8.78. The van der Waals surface area contributed by atoms with Crippen LogP contribution in [0.25, 0.3) is 0 Å². The largest absolute Gasteiger partial charge is 0.351 e. The fourth-order valence-electron chi connectivity index (χ4n) is 2.88. The van der Waals surface area contributed by atoms with Gasteiger partial charge in [-0.2, -0.15) is 9.57 Å². The highest BCUT2D eigenvalue weighted by Crippen LogP contribution is 2.12. The molecule has 1 saturated heterocycles. The molecule has 9 nitrogen and oxygen atoms in total. The van der Waals surface area contributed by atoms with Crippen molar-refractivity contribution in [1.29, 1.82) is 5.26 Å². The van der Waals surface area contributed by atoms with Gasteiger partial charge in [0.15, 0.2) is 0 Å². The number of piperazine rings is 1. The summed E-state index contributed by atoms with van der Waals surface area (Å²) in [4.78, 5) is 22.4. The maximum absolute atomic E-state index is 12.5. The van der Waals surface area contributed by atoms with E-state index in [0.717, 1.165) is 0 Å². The maximum Gasteiger partial charge on any atom is 0.251 e. The number of rotatable bonds is 6. The van der Waals surface area contributed by atoms with Crippen molar-refractivity contribution in [2.45, 2.75) is 0 Å². The van der Waals surface area contributed by atoms with E-state index in [1.165, 1.54) is 10.4 Å². The first-order chi connectivity index (χ1) is 13.5. The highest BCUT2D eigenvalue weighted by atomic mass is 32.2. The molecule has 0 unspecified atom stereocenters. The minimum Gasteiger partial charge on any atom is -0.351 e. The summed E-state index contributed by atoms with van der Waals surface area (Å²) < 4.78 is 26.5. The molecule has 1 aliphatic rings. The molecule has 28 heavy (non-hydrogen) atoms. The van der Waals surface area contributed by atoms with Gasteiger partial charge in [-0.05, 0) is 24.3 Å². The summed E-state index contributed by atoms with van der Waals surface area (Å²) >= 11 is 0. The van der Waals surface area contributed by atoms with Crippen LogP contribution in [0.1, 0.15) is 15.9 Å². The number of carbonyl (C=O) groups is 1. The number of nitrogens with one attached hydrogen (secondary N) is 1. The first kappa shape index (κ1) is 19.7. The molecule has 1 aliphatic heterocycles. The number of nitrogens with zero attached hydrogens (tertiary/aromatic N) is 5. The number of carbonyl (C=O) groups excluding carboxylic acids is 1. The van der Waals surface area contributed by atoms with Gasteiger partial charge >= 0.3 is 0 Å². The lowest BCUT2D eigenvalue weighted by Gasteiger charge is -2.33. The smallest absolute Gasteiger partial charge is 0.251 e. The van der Waals surface area contributed by atoms with Gasteiger partial charge in [-0.1, -0.05) is 6.07 Å². The molecule has 0 saturated carbocycles. The quantitative estimate of drug-likeness (QED) is 0.737. The lowest BCUT2D eigenvalue weighted by Crippen LogP contribution is -2.50. The fraction of sp³-hybridized carbons (Fsp3) is 0.333. The topological polar surface area (TPSA) is 119 Å². The van der Waals surface area contributed by atoms with Crippen molar-refractivity contribution in [2.24, 2.45) is 0 Å². The van der Waals surface area contributed by atoms with Crippen molar-refractivity contribution < 1.29 is 13.2 Å². The molecule has 3 rings (SSSR count). The van der Waals surface area contributed by atoms with Crippen molar-refractivity contribution in [3.63, 3.8) is 0 Å². The molecule has 1 amide bonds. The SMILES string of the molecule is N#Cc1cccc(C(=O)NCCS(=O)(=O)N2CCN(c3ncccn3)CC2)c1. The molecular weight excluding hydrogens is 380 g/mol. The molecular formula is C18H20N6O3S. The molecule has 0 aliphatic carbocycles. The molecule has 0 spiro atoms. The Kier molecular flexibility index (Phi) is 6.18. The third-order valence-corrected chi connectivity index (χ3v) is 6.24. The number of sulfonamides is 1. The number of anilines is 1. The molecule has 2 aromatic rings. The second-order valence-corrected chi connectivity index (χ2v) is 8.29. The molecule has 1 aromatic carbocycles. The van der Waals surface area contributed by atoms with Crippen LogP contribution < -0.4 is 10.2 Å². The number of hydrogen-bond acceptors (Lipinski definition) is 7. The van der Waals surface area contributed by atoms with Crippen molar-refractivity contribution in [3.05, 3.63) is 53.9 Å². The number of aromatic nitrogens is 2. The zero-order chi connectivity index (χ0) is 20.0. The highest BCUT2D eigenvalue weighted by Gasteiger charge is 2.27. The van der Waals surface area contributed by atoms with Crippen LogP contribution >= 0.6 is 0 Å². The Morgan fingerprint density at radius 3 is 2.54 bits per heavy atom. The summed E-state index contributed by atoms with van der Waals surface area (Å²) in [6.45, 7) is 1.71. The van der Waals surface area contributed by atoms with E-state index in [0.29, 0.717) is 43.3 Å². The van der Waals surface area contributed by atoms with Gasteiger partial charge in [0.25, 0.3) is 5.91 Å². The third kappa shape index (κ3) is 4.82. The molecule has 1 aromatic heterocycles. The predicted molar refractivity (Wildman–Crippen MR) is 103 cm³/mol. The Hall–Kier alpha value is -3.03. The second-order valence-electron chi connectivity index (χ2n) is 6.20. The Labute approximate surface area is 163 Å². The van der Waals surface area contributed by atoms with Gasteiger partial charge in [0, 0.05) is 50.7 Å². The summed E-state index contributed by atoms with van der Waals surface area (Å²) in [7, 11) is -3.48. The van der Waals surface area contributed by atoms with E-state index in [1.54, 1.807) is 36.7 Å². The third-order valence-electron chi connectivity index (χ3n) is 4.37. The van der Waals surface area contributed by atoms with E-state index in [4.69, 9.17) is 5.26 Å². The van der Waals surface area contributed by atoms with Gasteiger partial charge in [-0.3, -0.25) is 4.79 Å². The maximum atomic E-state index is 12.5. The lowest BCUT2D eigenvalue weighted by molar-refractivity contribution is 0.0956. The minimum atomic E-state index is -3.48. The van der Waals surface area contributed by atoms with Crippen LogP contribution in [0.4, 0.5) is 5.95 Å². The van der Waals surface area contributed by atoms with Crippen LogP contribution in [0.2, 0.25) is 0 Å². The van der Waals surface area contributed by atoms with Gasteiger partial charge in [-0.15, -0.1) is 0 Å². The molecule has 1 N–H and O–H groups in total. The van der Waals surface area contributed by atoms with Gasteiger partial charge in [0.2, 0.25) is 16.0 Å². The Morgan fingerprint density at radius 1 is 1.14 bits per heavy atom. The average molecular weight is 400 g/mol. The van der Waals surface area contributed by atoms with Gasteiger partial charge in [0.1, 0.15) is 0 Å². The molecule has 0 bridgehead atoms. The molecule has 10 heteroatoms. The van der Waals surface area contributed by atoms with E-state index in [9.17, 15) is 13.2 Å². The summed E-state index contributed by atoms with van der Waals surface area (Å²) in [6.07, 6.45) is 3.31. The van der Waals surface area contributed by atoms with Crippen LogP contribution in [0, 0.1) is 11.3 Å². The summed E-state index contributed by atoms with van der Waals surface area (Å²) in [5.41, 5.74) is 0.702. The van der Waals surface area contributed by atoms with Crippen LogP contribution in [-0.4, -0.2) is 67.1 Å². The predicted octanol–water partition coefficient (Wildman–Crippen LogP) is 0.230. The van der Waals surface area contributed by atoms with E-state index < -0.39 is 15.9 Å². The van der Waals surface area contributed by atoms with E-state index in [2.05, 4.69) is 15.3 Å². The minimum absolute atomic E-state index is 0.0000412. The fourth-order valence-corrected chi connectivity index (χ4v) is 4.21. The normalized spacial score (nSPS) is 15.0. The van der Waals surface area contributed by atoms with Gasteiger partial charge < -0.3 is 10.2 Å². The molecule has 0 atom stereocenters.